The van der Waals surface area contributed by atoms with Gasteiger partial charge in [0.2, 0.25) is 0 Å². The first-order valence-corrected chi connectivity index (χ1v) is 21.1. The molecule has 7 nitrogen and oxygen atoms in total. The zero-order valence-corrected chi connectivity index (χ0v) is 33.8. The van der Waals surface area contributed by atoms with Crippen molar-refractivity contribution in [1.29, 1.82) is 0 Å². The van der Waals surface area contributed by atoms with Gasteiger partial charge < -0.3 is 9.13 Å². The minimum absolute atomic E-state index is 0.688. The normalized spacial score (nSPS) is 11.8. The summed E-state index contributed by atoms with van der Waals surface area (Å²) < 4.78 is 6.93. The van der Waals surface area contributed by atoms with Crippen LogP contribution in [-0.2, 0) is 0 Å². The third kappa shape index (κ3) is 5.53. The summed E-state index contributed by atoms with van der Waals surface area (Å²) in [4.78, 5) is 19.5. The number of rotatable bonds is 6. The van der Waals surface area contributed by atoms with E-state index in [-0.39, 0.29) is 0 Å². The van der Waals surface area contributed by atoms with Gasteiger partial charge in [-0.2, -0.15) is 0 Å². The van der Waals surface area contributed by atoms with Crippen molar-refractivity contribution < 1.29 is 0 Å². The van der Waals surface area contributed by atoms with E-state index in [0.29, 0.717) is 5.82 Å². The van der Waals surface area contributed by atoms with E-state index in [4.69, 9.17) is 15.0 Å². The van der Waals surface area contributed by atoms with Crippen molar-refractivity contribution in [2.75, 3.05) is 0 Å². The minimum Gasteiger partial charge on any atom is -0.309 e. The second kappa shape index (κ2) is 13.9. The highest BCUT2D eigenvalue weighted by atomic mass is 15.1. The predicted octanol–water partition coefficient (Wildman–Crippen LogP) is 13.6. The molecule has 0 amide bonds. The number of nitrogens with zero attached hydrogens (tertiary/aromatic N) is 7. The summed E-state index contributed by atoms with van der Waals surface area (Å²) in [6.07, 6.45) is 3.55. The van der Waals surface area contributed by atoms with Crippen LogP contribution in [0.5, 0.6) is 0 Å². The Labute approximate surface area is 361 Å². The highest BCUT2D eigenvalue weighted by Crippen LogP contribution is 2.40. The lowest BCUT2D eigenvalue weighted by Crippen LogP contribution is -2.02. The lowest BCUT2D eigenvalue weighted by molar-refractivity contribution is 1.05. The van der Waals surface area contributed by atoms with Gasteiger partial charge in [0, 0.05) is 55.5 Å². The molecule has 0 bridgehead atoms. The molecule has 0 spiro atoms. The van der Waals surface area contributed by atoms with Crippen molar-refractivity contribution >= 4 is 65.5 Å². The largest absolute Gasteiger partial charge is 0.309 e. The Balaban J connectivity index is 0.991. The smallest absolute Gasteiger partial charge is 0.162 e. The first kappa shape index (κ1) is 35.1. The van der Waals surface area contributed by atoms with Gasteiger partial charge in [0.1, 0.15) is 12.1 Å². The minimum atomic E-state index is 0.688. The third-order valence-corrected chi connectivity index (χ3v) is 12.4. The van der Waals surface area contributed by atoms with Crippen LogP contribution in [0.4, 0.5) is 0 Å². The molecule has 294 valence electrons. The molecule has 5 heterocycles. The van der Waals surface area contributed by atoms with E-state index < -0.39 is 0 Å². The maximum absolute atomic E-state index is 5.24. The molecule has 0 atom stereocenters. The fraction of sp³-hybridized carbons (Fsp3) is 0. The monoisotopic (exact) mass is 805 g/mol. The van der Waals surface area contributed by atoms with E-state index in [1.165, 1.54) is 10.8 Å². The van der Waals surface area contributed by atoms with Crippen molar-refractivity contribution in [3.8, 4) is 51.0 Å². The number of hydrogen-bond acceptors (Lipinski definition) is 4. The number of aromatic nitrogens is 7. The second-order valence-corrected chi connectivity index (χ2v) is 16.0. The average molecular weight is 806 g/mol. The zero-order valence-electron chi connectivity index (χ0n) is 33.8. The van der Waals surface area contributed by atoms with Gasteiger partial charge in [-0.3, -0.25) is 4.57 Å². The molecule has 13 rings (SSSR count). The van der Waals surface area contributed by atoms with Gasteiger partial charge >= 0.3 is 0 Å². The summed E-state index contributed by atoms with van der Waals surface area (Å²) in [6, 6.07) is 70.9. The molecular weight excluding hydrogens is 771 g/mol. The maximum atomic E-state index is 5.24. The van der Waals surface area contributed by atoms with Crippen LogP contribution < -0.4 is 0 Å². The van der Waals surface area contributed by atoms with E-state index in [0.717, 1.165) is 99.9 Å². The first-order chi connectivity index (χ1) is 31.2. The van der Waals surface area contributed by atoms with Crippen LogP contribution in [0.15, 0.2) is 213 Å². The summed E-state index contributed by atoms with van der Waals surface area (Å²) in [5, 5.41) is 5.81. The predicted molar refractivity (Wildman–Crippen MR) is 257 cm³/mol. The van der Waals surface area contributed by atoms with Gasteiger partial charge in [-0.1, -0.05) is 133 Å². The summed E-state index contributed by atoms with van der Waals surface area (Å²) >= 11 is 0. The molecule has 7 heteroatoms. The lowest BCUT2D eigenvalue weighted by atomic mass is 10.0. The topological polar surface area (TPSA) is 66.3 Å². The van der Waals surface area contributed by atoms with Crippen molar-refractivity contribution in [1.82, 2.24) is 33.6 Å². The molecule has 0 unspecified atom stereocenters. The Hall–Kier alpha value is -8.68. The molecule has 0 N–H and O–H groups in total. The van der Waals surface area contributed by atoms with Gasteiger partial charge in [-0.15, -0.1) is 0 Å². The quantitative estimate of drug-likeness (QED) is 0.168. The first-order valence-electron chi connectivity index (χ1n) is 21.1. The maximum Gasteiger partial charge on any atom is 0.162 e. The van der Waals surface area contributed by atoms with Crippen molar-refractivity contribution in [3.05, 3.63) is 213 Å². The highest BCUT2D eigenvalue weighted by molar-refractivity contribution is 6.13. The van der Waals surface area contributed by atoms with Crippen LogP contribution in [-0.4, -0.2) is 33.6 Å². The van der Waals surface area contributed by atoms with Crippen LogP contribution in [0, 0.1) is 0 Å². The second-order valence-electron chi connectivity index (χ2n) is 16.0. The fourth-order valence-electron chi connectivity index (χ4n) is 9.58. The van der Waals surface area contributed by atoms with E-state index >= 15 is 0 Å². The molecule has 0 fully saturated rings. The number of para-hydroxylation sites is 3. The van der Waals surface area contributed by atoms with Crippen LogP contribution in [0.3, 0.4) is 0 Å². The Kier molecular flexibility index (Phi) is 7.77. The summed E-state index contributed by atoms with van der Waals surface area (Å²) in [5.74, 6) is 1.51. The van der Waals surface area contributed by atoms with Crippen molar-refractivity contribution in [3.63, 3.8) is 0 Å². The van der Waals surface area contributed by atoms with Crippen LogP contribution in [0.1, 0.15) is 0 Å². The van der Waals surface area contributed by atoms with Gasteiger partial charge in [0.05, 0.1) is 50.5 Å². The summed E-state index contributed by atoms with van der Waals surface area (Å²) in [6.45, 7) is 0. The van der Waals surface area contributed by atoms with Crippen molar-refractivity contribution in [2.45, 2.75) is 0 Å². The van der Waals surface area contributed by atoms with E-state index in [9.17, 15) is 0 Å². The fourth-order valence-corrected chi connectivity index (χ4v) is 9.58. The average Bonchev–Trinajstić information content (AvgIpc) is 3.99. The van der Waals surface area contributed by atoms with Crippen LogP contribution in [0.2, 0.25) is 0 Å². The number of hydrogen-bond donors (Lipinski definition) is 0. The molecule has 0 aliphatic carbocycles. The van der Waals surface area contributed by atoms with Gasteiger partial charge in [-0.05, 0) is 71.8 Å². The molecule has 5 aromatic heterocycles. The highest BCUT2D eigenvalue weighted by Gasteiger charge is 2.20. The zero-order chi connectivity index (χ0) is 41.4. The summed E-state index contributed by atoms with van der Waals surface area (Å²) in [7, 11) is 0. The lowest BCUT2D eigenvalue weighted by Gasteiger charge is -2.12. The molecule has 0 aliphatic rings. The van der Waals surface area contributed by atoms with Crippen LogP contribution in [0.25, 0.3) is 117 Å². The van der Waals surface area contributed by atoms with E-state index in [1.807, 2.05) is 36.5 Å². The van der Waals surface area contributed by atoms with E-state index in [1.54, 1.807) is 6.33 Å². The molecule has 0 aliphatic heterocycles. The van der Waals surface area contributed by atoms with Crippen molar-refractivity contribution in [2.24, 2.45) is 0 Å². The Bertz CT molecular complexity index is 3840. The SMILES string of the molecule is c1ccc(-c2cc(-n3c4ccccc4c4cc(-c5ccc6c7ccccc7n(-c7ccc8c(c7)c7ncncc7n8-c7ccccc7)c6c5)ccc43)nc(-c3ccccc3)n2)cc1. The Morgan fingerprint density at radius 1 is 0.333 bits per heavy atom. The molecule has 8 aromatic carbocycles. The molecule has 13 aromatic rings. The van der Waals surface area contributed by atoms with E-state index in [2.05, 4.69) is 189 Å². The molecule has 63 heavy (non-hydrogen) atoms. The van der Waals surface area contributed by atoms with Gasteiger partial charge in [-0.25, -0.2) is 19.9 Å². The van der Waals surface area contributed by atoms with Gasteiger partial charge in [0.15, 0.2) is 5.82 Å². The number of fused-ring (bicyclic) bond motifs is 9. The molecular formula is C56H35N7. The molecule has 0 radical (unpaired) electrons. The van der Waals surface area contributed by atoms with Crippen LogP contribution >= 0.6 is 0 Å². The third-order valence-electron chi connectivity index (χ3n) is 12.4. The molecule has 0 saturated heterocycles. The Morgan fingerprint density at radius 3 is 1.71 bits per heavy atom. The number of benzene rings is 8. The standard InChI is InChI=1S/C56H35N7/c1-4-14-36(15-5-1)47-33-54(60-56(59-47)37-16-6-2-7-17-37)63-49-23-13-11-21-43(49)45-30-38(25-28-50(45)63)39-24-27-44-42-20-10-12-22-48(42)62(52(44)31-39)41-26-29-51-46(32-41)55-53(34-57-35-58-55)61(51)40-18-8-3-9-19-40/h1-35H. The summed E-state index contributed by atoms with van der Waals surface area (Å²) in [5.41, 5.74) is 14.8. The molecule has 0 saturated carbocycles. The van der Waals surface area contributed by atoms with Gasteiger partial charge in [0.25, 0.3) is 0 Å². The Morgan fingerprint density at radius 2 is 0.921 bits per heavy atom.